The number of carboxylic acids is 1. The molecule has 0 aliphatic heterocycles. The van der Waals surface area contributed by atoms with Crippen molar-refractivity contribution in [3.63, 3.8) is 0 Å². The SMILES string of the molecule is CC(CC(=O)C[C@](C)(O)[C@H]1CC(=O)[C@@]2(C)C3=C(C(=O)[C@@H](O)[C@]12C)[C@@]1(C)CC[C@H](O)C(C)(C)C1C[C@@H]3O)C(=O)O. The number of carbonyl (C=O) groups excluding carboxylic acids is 3. The van der Waals surface area contributed by atoms with Crippen LogP contribution in [0.1, 0.15) is 87.0 Å². The van der Waals surface area contributed by atoms with E-state index in [-0.39, 0.29) is 36.5 Å². The maximum Gasteiger partial charge on any atom is 0.306 e. The third kappa shape index (κ3) is 3.86. The summed E-state index contributed by atoms with van der Waals surface area (Å²) in [5, 5.41) is 54.9. The largest absolute Gasteiger partial charge is 0.481 e. The molecule has 4 rings (SSSR count). The molecule has 0 bridgehead atoms. The second-order valence-corrected chi connectivity index (χ2v) is 14.3. The Morgan fingerprint density at radius 1 is 1.08 bits per heavy atom. The Labute approximate surface area is 229 Å². The van der Waals surface area contributed by atoms with Gasteiger partial charge >= 0.3 is 5.97 Å². The van der Waals surface area contributed by atoms with Gasteiger partial charge in [0.2, 0.25) is 0 Å². The monoisotopic (exact) mass is 548 g/mol. The molecule has 39 heavy (non-hydrogen) atoms. The smallest absolute Gasteiger partial charge is 0.306 e. The van der Waals surface area contributed by atoms with Gasteiger partial charge in [-0.15, -0.1) is 0 Å². The van der Waals surface area contributed by atoms with Crippen LogP contribution < -0.4 is 0 Å². The first-order valence-corrected chi connectivity index (χ1v) is 14.0. The van der Waals surface area contributed by atoms with Gasteiger partial charge in [0.1, 0.15) is 17.7 Å². The van der Waals surface area contributed by atoms with E-state index < -0.39 is 81.4 Å². The van der Waals surface area contributed by atoms with E-state index in [0.29, 0.717) is 18.4 Å². The lowest BCUT2D eigenvalue weighted by Crippen LogP contribution is -2.66. The van der Waals surface area contributed by atoms with E-state index in [2.05, 4.69) is 0 Å². The lowest BCUT2D eigenvalue weighted by atomic mass is 9.41. The Bertz CT molecular complexity index is 1150. The fourth-order valence-corrected chi connectivity index (χ4v) is 9.16. The molecule has 2 fully saturated rings. The third-order valence-electron chi connectivity index (χ3n) is 11.7. The Morgan fingerprint density at radius 3 is 2.23 bits per heavy atom. The number of fused-ring (bicyclic) bond motifs is 4. The fraction of sp³-hybridized carbons (Fsp3) is 0.800. The minimum atomic E-state index is -1.82. The van der Waals surface area contributed by atoms with Gasteiger partial charge in [-0.2, -0.15) is 0 Å². The molecule has 4 aliphatic carbocycles. The van der Waals surface area contributed by atoms with Gasteiger partial charge in [-0.3, -0.25) is 19.2 Å². The summed E-state index contributed by atoms with van der Waals surface area (Å²) < 4.78 is 0. The predicted octanol–water partition coefficient (Wildman–Crippen LogP) is 2.22. The van der Waals surface area contributed by atoms with E-state index in [4.69, 9.17) is 0 Å². The Hall–Kier alpha value is -1.94. The van der Waals surface area contributed by atoms with Crippen molar-refractivity contribution >= 4 is 23.3 Å². The quantitative estimate of drug-likeness (QED) is 0.334. The molecule has 2 saturated carbocycles. The molecular weight excluding hydrogens is 504 g/mol. The van der Waals surface area contributed by atoms with Gasteiger partial charge < -0.3 is 25.5 Å². The molecule has 9 heteroatoms. The number of carbonyl (C=O) groups is 4. The molecular formula is C30H44O9. The molecule has 2 unspecified atom stereocenters. The van der Waals surface area contributed by atoms with Gasteiger partial charge in [0.05, 0.1) is 29.1 Å². The summed E-state index contributed by atoms with van der Waals surface area (Å²) in [6.45, 7) is 11.8. The second-order valence-electron chi connectivity index (χ2n) is 14.3. The summed E-state index contributed by atoms with van der Waals surface area (Å²) in [6, 6.07) is 0. The predicted molar refractivity (Wildman–Crippen MR) is 140 cm³/mol. The molecule has 0 spiro atoms. The molecule has 0 aromatic rings. The van der Waals surface area contributed by atoms with Crippen LogP contribution in [-0.4, -0.2) is 72.8 Å². The van der Waals surface area contributed by atoms with Crippen LogP contribution in [-0.2, 0) is 19.2 Å². The number of ketones is 3. The van der Waals surface area contributed by atoms with E-state index in [0.717, 1.165) is 0 Å². The number of Topliss-reactive ketones (excluding diaryl/α,β-unsaturated/α-hetero) is 3. The number of aliphatic hydroxyl groups excluding tert-OH is 3. The summed E-state index contributed by atoms with van der Waals surface area (Å²) >= 11 is 0. The third-order valence-corrected chi connectivity index (χ3v) is 11.7. The minimum Gasteiger partial charge on any atom is -0.481 e. The van der Waals surface area contributed by atoms with Crippen molar-refractivity contribution in [3.05, 3.63) is 11.1 Å². The van der Waals surface area contributed by atoms with Gasteiger partial charge in [0.25, 0.3) is 0 Å². The molecule has 0 amide bonds. The fourth-order valence-electron chi connectivity index (χ4n) is 9.16. The summed E-state index contributed by atoms with van der Waals surface area (Å²) in [7, 11) is 0. The van der Waals surface area contributed by atoms with Crippen molar-refractivity contribution in [3.8, 4) is 0 Å². The van der Waals surface area contributed by atoms with Gasteiger partial charge in [0.15, 0.2) is 5.78 Å². The molecule has 0 heterocycles. The Morgan fingerprint density at radius 2 is 1.67 bits per heavy atom. The Kier molecular flexibility index (Phi) is 6.95. The molecule has 5 N–H and O–H groups in total. The van der Waals surface area contributed by atoms with Crippen molar-refractivity contribution in [2.75, 3.05) is 0 Å². The maximum atomic E-state index is 14.2. The highest BCUT2D eigenvalue weighted by Crippen LogP contribution is 2.71. The first kappa shape index (κ1) is 30.0. The highest BCUT2D eigenvalue weighted by atomic mass is 16.4. The van der Waals surface area contributed by atoms with Crippen LogP contribution in [0.2, 0.25) is 0 Å². The van der Waals surface area contributed by atoms with Crippen molar-refractivity contribution in [2.45, 2.75) is 111 Å². The normalized spacial score (nSPS) is 43.7. The standard InChI is InChI=1S/C30H44O9/c1-14(25(37)38)10-15(31)13-28(5,39)18-12-20(34)30(7)21-16(32)11-17-26(2,3)19(33)8-9-27(17,4)22(21)23(35)24(36)29(18,30)6/h14,16-19,24,32-33,36,39H,8-13H2,1-7H3,(H,37,38)/t14?,16-,17?,18+,19-,24+,27-,28-,29-,30-/m0/s1. The maximum absolute atomic E-state index is 14.2. The lowest BCUT2D eigenvalue weighted by Gasteiger charge is -2.62. The van der Waals surface area contributed by atoms with Gasteiger partial charge in [-0.1, -0.05) is 34.6 Å². The first-order chi connectivity index (χ1) is 17.7. The van der Waals surface area contributed by atoms with Crippen LogP contribution >= 0.6 is 0 Å². The van der Waals surface area contributed by atoms with E-state index >= 15 is 0 Å². The molecule has 0 radical (unpaired) electrons. The molecule has 218 valence electrons. The van der Waals surface area contributed by atoms with Crippen LogP contribution in [0.3, 0.4) is 0 Å². The van der Waals surface area contributed by atoms with Crippen molar-refractivity contribution in [1.82, 2.24) is 0 Å². The van der Waals surface area contributed by atoms with Gasteiger partial charge in [-0.05, 0) is 55.4 Å². The van der Waals surface area contributed by atoms with Crippen LogP contribution in [0.25, 0.3) is 0 Å². The number of hydrogen-bond acceptors (Lipinski definition) is 8. The topological polar surface area (TPSA) is 169 Å². The van der Waals surface area contributed by atoms with Crippen LogP contribution in [0, 0.1) is 39.4 Å². The number of hydrogen-bond donors (Lipinski definition) is 5. The summed E-state index contributed by atoms with van der Waals surface area (Å²) in [6.07, 6.45) is -3.25. The first-order valence-electron chi connectivity index (χ1n) is 14.0. The highest BCUT2D eigenvalue weighted by Gasteiger charge is 2.74. The summed E-state index contributed by atoms with van der Waals surface area (Å²) in [4.78, 5) is 52.1. The zero-order valence-electron chi connectivity index (χ0n) is 24.1. The van der Waals surface area contributed by atoms with Crippen molar-refractivity contribution in [2.24, 2.45) is 39.4 Å². The highest BCUT2D eigenvalue weighted by molar-refractivity contribution is 6.08. The number of rotatable bonds is 6. The van der Waals surface area contributed by atoms with Gasteiger partial charge in [0, 0.05) is 36.2 Å². The minimum absolute atomic E-state index is 0.208. The molecule has 0 aromatic carbocycles. The van der Waals surface area contributed by atoms with Crippen molar-refractivity contribution in [1.29, 1.82) is 0 Å². The number of aliphatic hydroxyl groups is 4. The molecule has 0 aromatic heterocycles. The average Bonchev–Trinajstić information content (AvgIpc) is 3.04. The zero-order valence-corrected chi connectivity index (χ0v) is 24.1. The van der Waals surface area contributed by atoms with E-state index in [9.17, 15) is 44.7 Å². The average molecular weight is 549 g/mol. The zero-order chi connectivity index (χ0) is 29.7. The second kappa shape index (κ2) is 9.03. The molecule has 0 saturated heterocycles. The molecule has 9 nitrogen and oxygen atoms in total. The van der Waals surface area contributed by atoms with Crippen LogP contribution in [0.4, 0.5) is 0 Å². The van der Waals surface area contributed by atoms with Crippen LogP contribution in [0.15, 0.2) is 11.1 Å². The lowest BCUT2D eigenvalue weighted by molar-refractivity contribution is -0.169. The van der Waals surface area contributed by atoms with Gasteiger partial charge in [-0.25, -0.2) is 0 Å². The Balaban J connectivity index is 1.83. The van der Waals surface area contributed by atoms with Crippen molar-refractivity contribution < 1.29 is 44.7 Å². The molecule has 4 aliphatic rings. The molecule has 10 atom stereocenters. The van der Waals surface area contributed by atoms with Crippen LogP contribution in [0.5, 0.6) is 0 Å². The summed E-state index contributed by atoms with van der Waals surface area (Å²) in [5.41, 5.74) is -5.62. The van der Waals surface area contributed by atoms with E-state index in [1.54, 1.807) is 13.8 Å². The van der Waals surface area contributed by atoms with E-state index in [1.165, 1.54) is 13.8 Å². The number of carboxylic acid groups (broad SMARTS) is 1. The van der Waals surface area contributed by atoms with E-state index in [1.807, 2.05) is 20.8 Å². The summed E-state index contributed by atoms with van der Waals surface area (Å²) in [5.74, 6) is -4.74. The number of aliphatic carboxylic acids is 1.